The van der Waals surface area contributed by atoms with Gasteiger partial charge >= 0.3 is 0 Å². The van der Waals surface area contributed by atoms with Gasteiger partial charge in [0.2, 0.25) is 5.91 Å². The Balaban J connectivity index is 2.04. The lowest BCUT2D eigenvalue weighted by Gasteiger charge is -2.18. The van der Waals surface area contributed by atoms with Crippen LogP contribution in [0.25, 0.3) is 0 Å². The van der Waals surface area contributed by atoms with Gasteiger partial charge in [0.15, 0.2) is 0 Å². The minimum atomic E-state index is -0.239. The van der Waals surface area contributed by atoms with Crippen molar-refractivity contribution in [2.75, 3.05) is 32.3 Å². The Labute approximate surface area is 152 Å². The van der Waals surface area contributed by atoms with E-state index in [0.717, 1.165) is 16.1 Å². The molecule has 0 fully saturated rings. The maximum absolute atomic E-state index is 12.5. The summed E-state index contributed by atoms with van der Waals surface area (Å²) in [5.74, 6) is 0.181. The number of para-hydroxylation sites is 1. The molecule has 0 heterocycles. The van der Waals surface area contributed by atoms with E-state index >= 15 is 0 Å². The highest BCUT2D eigenvalue weighted by atomic mass is 32.2. The van der Waals surface area contributed by atoms with Gasteiger partial charge in [-0.2, -0.15) is 0 Å². The SMILES string of the molecule is COc1cc(C(=O)N(C)CC(=O)Nc2ccccc2SC)ccc1C. The van der Waals surface area contributed by atoms with Gasteiger partial charge in [-0.25, -0.2) is 0 Å². The van der Waals surface area contributed by atoms with Crippen molar-refractivity contribution in [1.29, 1.82) is 0 Å². The molecule has 0 saturated heterocycles. The second-order valence-corrected chi connectivity index (χ2v) is 6.44. The fraction of sp³-hybridized carbons (Fsp3) is 0.263. The Kier molecular flexibility index (Phi) is 6.47. The Morgan fingerprint density at radius 2 is 1.92 bits per heavy atom. The molecule has 132 valence electrons. The summed E-state index contributed by atoms with van der Waals surface area (Å²) in [6.45, 7) is 1.88. The van der Waals surface area contributed by atoms with Crippen molar-refractivity contribution in [2.24, 2.45) is 0 Å². The Morgan fingerprint density at radius 1 is 1.20 bits per heavy atom. The summed E-state index contributed by atoms with van der Waals surface area (Å²) in [5, 5.41) is 2.85. The smallest absolute Gasteiger partial charge is 0.254 e. The molecule has 0 aromatic heterocycles. The third-order valence-corrected chi connectivity index (χ3v) is 4.56. The zero-order valence-corrected chi connectivity index (χ0v) is 15.6. The van der Waals surface area contributed by atoms with Crippen LogP contribution >= 0.6 is 11.8 Å². The quantitative estimate of drug-likeness (QED) is 0.804. The van der Waals surface area contributed by atoms with Crippen molar-refractivity contribution in [3.05, 3.63) is 53.6 Å². The highest BCUT2D eigenvalue weighted by Gasteiger charge is 2.17. The Bertz CT molecular complexity index is 777. The molecule has 2 amide bonds. The average Bonchev–Trinajstić information content (AvgIpc) is 2.61. The lowest BCUT2D eigenvalue weighted by molar-refractivity contribution is -0.116. The number of ether oxygens (including phenoxy) is 1. The number of likely N-dealkylation sites (N-methyl/N-ethyl adjacent to an activating group) is 1. The van der Waals surface area contributed by atoms with Crippen molar-refractivity contribution in [1.82, 2.24) is 4.90 Å². The number of rotatable bonds is 6. The average molecular weight is 358 g/mol. The van der Waals surface area contributed by atoms with E-state index in [-0.39, 0.29) is 18.4 Å². The number of thioether (sulfide) groups is 1. The van der Waals surface area contributed by atoms with Gasteiger partial charge in [-0.3, -0.25) is 9.59 Å². The van der Waals surface area contributed by atoms with Crippen LogP contribution in [0, 0.1) is 6.92 Å². The highest BCUT2D eigenvalue weighted by Crippen LogP contribution is 2.24. The molecule has 2 aromatic rings. The van der Waals surface area contributed by atoms with Crippen LogP contribution in [0.5, 0.6) is 5.75 Å². The maximum Gasteiger partial charge on any atom is 0.254 e. The van der Waals surface area contributed by atoms with E-state index in [0.29, 0.717) is 11.3 Å². The number of carbonyl (C=O) groups is 2. The Hall–Kier alpha value is -2.47. The van der Waals surface area contributed by atoms with E-state index in [4.69, 9.17) is 4.74 Å². The molecule has 0 aliphatic rings. The largest absolute Gasteiger partial charge is 0.496 e. The molecule has 6 heteroatoms. The molecule has 0 aliphatic carbocycles. The number of nitrogens with zero attached hydrogens (tertiary/aromatic N) is 1. The van der Waals surface area contributed by atoms with Crippen LogP contribution in [0.4, 0.5) is 5.69 Å². The molecule has 0 radical (unpaired) electrons. The lowest BCUT2D eigenvalue weighted by Crippen LogP contribution is -2.35. The first kappa shape index (κ1) is 18.9. The lowest BCUT2D eigenvalue weighted by atomic mass is 10.1. The van der Waals surface area contributed by atoms with Gasteiger partial charge in [0, 0.05) is 17.5 Å². The number of aryl methyl sites for hydroxylation is 1. The fourth-order valence-electron chi connectivity index (χ4n) is 2.40. The maximum atomic E-state index is 12.5. The molecule has 0 spiro atoms. The molecule has 0 saturated carbocycles. The van der Waals surface area contributed by atoms with Crippen LogP contribution in [0.1, 0.15) is 15.9 Å². The van der Waals surface area contributed by atoms with Crippen LogP contribution in [-0.2, 0) is 4.79 Å². The molecule has 0 atom stereocenters. The summed E-state index contributed by atoms with van der Waals surface area (Å²) >= 11 is 1.56. The van der Waals surface area contributed by atoms with E-state index < -0.39 is 0 Å². The van der Waals surface area contributed by atoms with Crippen molar-refractivity contribution in [3.8, 4) is 5.75 Å². The first-order chi connectivity index (χ1) is 12.0. The summed E-state index contributed by atoms with van der Waals surface area (Å²) in [4.78, 5) is 27.2. The minimum Gasteiger partial charge on any atom is -0.496 e. The normalized spacial score (nSPS) is 10.2. The molecule has 1 N–H and O–H groups in total. The van der Waals surface area contributed by atoms with Crippen molar-refractivity contribution in [2.45, 2.75) is 11.8 Å². The third-order valence-electron chi connectivity index (χ3n) is 3.76. The molecule has 0 bridgehead atoms. The predicted octanol–water partition coefficient (Wildman–Crippen LogP) is 3.44. The van der Waals surface area contributed by atoms with Crippen LogP contribution in [0.15, 0.2) is 47.4 Å². The third kappa shape index (κ3) is 4.76. The molecule has 0 unspecified atom stereocenters. The van der Waals surface area contributed by atoms with Gasteiger partial charge in [0.1, 0.15) is 5.75 Å². The van der Waals surface area contributed by atoms with Crippen LogP contribution in [-0.4, -0.2) is 43.7 Å². The number of methoxy groups -OCH3 is 1. The summed E-state index contributed by atoms with van der Waals surface area (Å²) in [6, 6.07) is 12.8. The second-order valence-electron chi connectivity index (χ2n) is 5.59. The number of hydrogen-bond acceptors (Lipinski definition) is 4. The van der Waals surface area contributed by atoms with Gasteiger partial charge in [0.25, 0.3) is 5.91 Å². The van der Waals surface area contributed by atoms with E-state index in [2.05, 4.69) is 5.32 Å². The molecular formula is C19H22N2O3S. The van der Waals surface area contributed by atoms with E-state index in [1.165, 1.54) is 4.90 Å². The summed E-state index contributed by atoms with van der Waals surface area (Å²) in [6.07, 6.45) is 1.95. The van der Waals surface area contributed by atoms with Crippen LogP contribution in [0.3, 0.4) is 0 Å². The first-order valence-corrected chi connectivity index (χ1v) is 9.01. The molecule has 2 aromatic carbocycles. The van der Waals surface area contributed by atoms with Crippen molar-refractivity contribution in [3.63, 3.8) is 0 Å². The van der Waals surface area contributed by atoms with Gasteiger partial charge in [0.05, 0.1) is 19.3 Å². The number of anilines is 1. The topological polar surface area (TPSA) is 58.6 Å². The molecule has 5 nitrogen and oxygen atoms in total. The van der Waals surface area contributed by atoms with Gasteiger partial charge in [-0.15, -0.1) is 11.8 Å². The number of amides is 2. The number of carbonyl (C=O) groups excluding carboxylic acids is 2. The van der Waals surface area contributed by atoms with Crippen molar-refractivity contribution >= 4 is 29.3 Å². The second kappa shape index (κ2) is 8.58. The first-order valence-electron chi connectivity index (χ1n) is 7.79. The Morgan fingerprint density at radius 3 is 2.60 bits per heavy atom. The summed E-state index contributed by atoms with van der Waals surface area (Å²) in [5.41, 5.74) is 2.19. The van der Waals surface area contributed by atoms with Gasteiger partial charge < -0.3 is 15.0 Å². The number of nitrogens with one attached hydrogen (secondary N) is 1. The standard InChI is InChI=1S/C19H22N2O3S/c1-13-9-10-14(11-16(13)24-3)19(23)21(2)12-18(22)20-15-7-5-6-8-17(15)25-4/h5-11H,12H2,1-4H3,(H,20,22). The zero-order chi connectivity index (χ0) is 18.4. The minimum absolute atomic E-state index is 0.0300. The molecular weight excluding hydrogens is 336 g/mol. The van der Waals surface area contributed by atoms with E-state index in [9.17, 15) is 9.59 Å². The van der Waals surface area contributed by atoms with E-state index in [1.54, 1.807) is 38.1 Å². The summed E-state index contributed by atoms with van der Waals surface area (Å²) < 4.78 is 5.25. The monoisotopic (exact) mass is 358 g/mol. The van der Waals surface area contributed by atoms with Crippen LogP contribution in [0.2, 0.25) is 0 Å². The molecule has 0 aliphatic heterocycles. The summed E-state index contributed by atoms with van der Waals surface area (Å²) in [7, 11) is 3.17. The van der Waals surface area contributed by atoms with Crippen molar-refractivity contribution < 1.29 is 14.3 Å². The van der Waals surface area contributed by atoms with Gasteiger partial charge in [-0.05, 0) is 43.0 Å². The number of benzene rings is 2. The molecule has 25 heavy (non-hydrogen) atoms. The zero-order valence-electron chi connectivity index (χ0n) is 14.8. The molecule has 2 rings (SSSR count). The van der Waals surface area contributed by atoms with Crippen LogP contribution < -0.4 is 10.1 Å². The van der Waals surface area contributed by atoms with Gasteiger partial charge in [-0.1, -0.05) is 18.2 Å². The predicted molar refractivity (Wildman–Crippen MR) is 102 cm³/mol. The fourth-order valence-corrected chi connectivity index (χ4v) is 2.95. The number of hydrogen-bond donors (Lipinski definition) is 1. The van der Waals surface area contributed by atoms with E-state index in [1.807, 2.05) is 43.5 Å². The highest BCUT2D eigenvalue weighted by molar-refractivity contribution is 7.98.